The summed E-state index contributed by atoms with van der Waals surface area (Å²) >= 11 is 3.49. The van der Waals surface area contributed by atoms with Crippen molar-refractivity contribution < 1.29 is 4.79 Å². The maximum atomic E-state index is 12.2. The van der Waals surface area contributed by atoms with Crippen LogP contribution in [0.4, 0.5) is 0 Å². The first kappa shape index (κ1) is 17.9. The first-order chi connectivity index (χ1) is 9.32. The van der Waals surface area contributed by atoms with Gasteiger partial charge in [0.2, 0.25) is 5.91 Å². The first-order valence-corrected chi connectivity index (χ1v) is 8.52. The average molecular weight is 348 g/mol. The summed E-state index contributed by atoms with van der Waals surface area (Å²) in [5.74, 6) is 0.522. The lowest BCUT2D eigenvalue weighted by atomic mass is 10.0. The Kier molecular flexibility index (Phi) is 7.48. The van der Waals surface area contributed by atoms with Gasteiger partial charge >= 0.3 is 0 Å². The van der Waals surface area contributed by atoms with Gasteiger partial charge in [0.15, 0.2) is 0 Å². The van der Waals surface area contributed by atoms with Gasteiger partial charge in [-0.15, -0.1) is 0 Å². The van der Waals surface area contributed by atoms with E-state index in [4.69, 9.17) is 0 Å². The molecule has 20 heavy (non-hydrogen) atoms. The maximum Gasteiger partial charge on any atom is 0.236 e. The van der Waals surface area contributed by atoms with Crippen molar-refractivity contribution in [3.8, 4) is 0 Å². The number of carbonyl (C=O) groups excluding carboxylic acids is 1. The normalized spacial score (nSPS) is 19.6. The fraction of sp³-hybridized carbons (Fsp3) is 0.933. The monoisotopic (exact) mass is 347 g/mol. The lowest BCUT2D eigenvalue weighted by molar-refractivity contribution is -0.130. The summed E-state index contributed by atoms with van der Waals surface area (Å²) in [5, 5.41) is 0. The highest BCUT2D eigenvalue weighted by molar-refractivity contribution is 9.10. The largest absolute Gasteiger partial charge is 0.343 e. The molecule has 1 aliphatic rings. The molecule has 5 heteroatoms. The smallest absolute Gasteiger partial charge is 0.236 e. The number of likely N-dealkylation sites (tertiary alicyclic amines) is 1. The Bertz CT molecular complexity index is 303. The molecule has 0 N–H and O–H groups in total. The minimum absolute atomic E-state index is 0.0684. The van der Waals surface area contributed by atoms with Crippen LogP contribution in [-0.2, 0) is 4.79 Å². The van der Waals surface area contributed by atoms with Crippen LogP contribution in [0.15, 0.2) is 0 Å². The highest BCUT2D eigenvalue weighted by atomic mass is 79.9. The number of amides is 1. The molecule has 0 saturated carbocycles. The molecule has 0 bridgehead atoms. The van der Waals surface area contributed by atoms with Gasteiger partial charge in [-0.05, 0) is 45.9 Å². The van der Waals surface area contributed by atoms with Crippen molar-refractivity contribution >= 4 is 21.8 Å². The van der Waals surface area contributed by atoms with Crippen molar-refractivity contribution in [1.82, 2.24) is 14.7 Å². The van der Waals surface area contributed by atoms with E-state index in [1.807, 2.05) is 11.9 Å². The Balaban J connectivity index is 2.33. The molecule has 0 radical (unpaired) electrons. The van der Waals surface area contributed by atoms with Crippen molar-refractivity contribution in [3.63, 3.8) is 0 Å². The lowest BCUT2D eigenvalue weighted by Crippen LogP contribution is -2.45. The van der Waals surface area contributed by atoms with Crippen LogP contribution in [0.3, 0.4) is 0 Å². The summed E-state index contributed by atoms with van der Waals surface area (Å²) in [6, 6.07) is 0.666. The molecule has 1 heterocycles. The average Bonchev–Trinajstić information content (AvgIpc) is 2.43. The number of hydrogen-bond acceptors (Lipinski definition) is 3. The quantitative estimate of drug-likeness (QED) is 0.686. The zero-order valence-electron chi connectivity index (χ0n) is 13.6. The van der Waals surface area contributed by atoms with Gasteiger partial charge in [-0.2, -0.15) is 0 Å². The summed E-state index contributed by atoms with van der Waals surface area (Å²) in [4.78, 5) is 18.8. The van der Waals surface area contributed by atoms with Crippen molar-refractivity contribution in [2.45, 2.75) is 37.6 Å². The Morgan fingerprint density at radius 1 is 1.25 bits per heavy atom. The van der Waals surface area contributed by atoms with E-state index in [1.54, 1.807) is 0 Å². The number of piperidine rings is 1. The van der Waals surface area contributed by atoms with E-state index in [-0.39, 0.29) is 10.7 Å². The zero-order valence-corrected chi connectivity index (χ0v) is 15.2. The summed E-state index contributed by atoms with van der Waals surface area (Å²) in [7, 11) is 6.27. The number of carbonyl (C=O) groups is 1. The molecule has 1 amide bonds. The number of nitrogens with zero attached hydrogens (tertiary/aromatic N) is 3. The van der Waals surface area contributed by atoms with Crippen LogP contribution in [0, 0.1) is 5.92 Å². The number of alkyl halides is 1. The minimum atomic E-state index is -0.0684. The van der Waals surface area contributed by atoms with Crippen LogP contribution in [-0.4, -0.2) is 78.8 Å². The number of likely N-dealkylation sites (N-methyl/N-ethyl adjacent to an activating group) is 2. The molecule has 0 aromatic carbocycles. The van der Waals surface area contributed by atoms with Crippen LogP contribution < -0.4 is 0 Å². The minimum Gasteiger partial charge on any atom is -0.343 e. The molecule has 1 saturated heterocycles. The summed E-state index contributed by atoms with van der Waals surface area (Å²) < 4.78 is 0. The van der Waals surface area contributed by atoms with Crippen molar-refractivity contribution in [1.29, 1.82) is 0 Å². The second kappa shape index (κ2) is 8.35. The summed E-state index contributed by atoms with van der Waals surface area (Å²) in [6.45, 7) is 8.25. The Morgan fingerprint density at radius 2 is 1.80 bits per heavy atom. The third-order valence-corrected chi connectivity index (χ3v) is 5.75. The third kappa shape index (κ3) is 5.34. The molecular weight excluding hydrogens is 318 g/mol. The Labute approximate surface area is 132 Å². The van der Waals surface area contributed by atoms with Crippen LogP contribution in [0.5, 0.6) is 0 Å². The second-order valence-electron chi connectivity index (χ2n) is 6.42. The number of rotatable bonds is 6. The van der Waals surface area contributed by atoms with E-state index < -0.39 is 0 Å². The van der Waals surface area contributed by atoms with Crippen molar-refractivity contribution in [2.75, 3.05) is 47.3 Å². The maximum absolute atomic E-state index is 12.2. The molecule has 1 fully saturated rings. The van der Waals surface area contributed by atoms with Gasteiger partial charge in [-0.1, -0.05) is 29.8 Å². The van der Waals surface area contributed by atoms with Gasteiger partial charge in [-0.3, -0.25) is 4.79 Å². The SMILES string of the molecule is CC(C)C(Br)C(=O)N(C)CCN(C)C1CCN(C)CC1. The fourth-order valence-corrected chi connectivity index (χ4v) is 2.88. The van der Waals surface area contributed by atoms with E-state index in [1.165, 1.54) is 25.9 Å². The highest BCUT2D eigenvalue weighted by Crippen LogP contribution is 2.16. The fourth-order valence-electron chi connectivity index (χ4n) is 2.53. The predicted octanol–water partition coefficient (Wildman–Crippen LogP) is 1.89. The first-order valence-electron chi connectivity index (χ1n) is 7.60. The molecule has 1 aliphatic heterocycles. The molecule has 1 unspecified atom stereocenters. The van der Waals surface area contributed by atoms with E-state index in [2.05, 4.69) is 53.7 Å². The van der Waals surface area contributed by atoms with Crippen LogP contribution in [0.2, 0.25) is 0 Å². The van der Waals surface area contributed by atoms with E-state index in [9.17, 15) is 4.79 Å². The Morgan fingerprint density at radius 3 is 2.30 bits per heavy atom. The van der Waals surface area contributed by atoms with Gasteiger partial charge in [0.05, 0.1) is 4.83 Å². The van der Waals surface area contributed by atoms with Crippen molar-refractivity contribution in [3.05, 3.63) is 0 Å². The molecule has 0 aliphatic carbocycles. The molecule has 0 aromatic rings. The van der Waals surface area contributed by atoms with Gasteiger partial charge in [0.1, 0.15) is 0 Å². The summed E-state index contributed by atoms with van der Waals surface area (Å²) in [5.41, 5.74) is 0. The third-order valence-electron chi connectivity index (χ3n) is 4.30. The second-order valence-corrected chi connectivity index (χ2v) is 7.41. The summed E-state index contributed by atoms with van der Waals surface area (Å²) in [6.07, 6.45) is 2.47. The van der Waals surface area contributed by atoms with Crippen LogP contribution >= 0.6 is 15.9 Å². The topological polar surface area (TPSA) is 26.8 Å². The highest BCUT2D eigenvalue weighted by Gasteiger charge is 2.24. The van der Waals surface area contributed by atoms with Gasteiger partial charge in [-0.25, -0.2) is 0 Å². The molecule has 118 valence electrons. The van der Waals surface area contributed by atoms with E-state index in [0.29, 0.717) is 12.0 Å². The van der Waals surface area contributed by atoms with E-state index >= 15 is 0 Å². The number of halogens is 1. The Hall–Kier alpha value is -0.130. The van der Waals surface area contributed by atoms with E-state index in [0.717, 1.165) is 13.1 Å². The lowest BCUT2D eigenvalue weighted by Gasteiger charge is -2.36. The molecule has 1 atom stereocenters. The number of hydrogen-bond donors (Lipinski definition) is 0. The molecule has 0 aromatic heterocycles. The van der Waals surface area contributed by atoms with Crippen LogP contribution in [0.25, 0.3) is 0 Å². The standard InChI is InChI=1S/C15H30BrN3O/c1-12(2)14(16)15(20)19(5)11-10-18(4)13-6-8-17(3)9-7-13/h12-14H,6-11H2,1-5H3. The van der Waals surface area contributed by atoms with Gasteiger partial charge < -0.3 is 14.7 Å². The zero-order chi connectivity index (χ0) is 15.3. The van der Waals surface area contributed by atoms with Gasteiger partial charge in [0, 0.05) is 26.2 Å². The molecule has 4 nitrogen and oxygen atoms in total. The van der Waals surface area contributed by atoms with Crippen molar-refractivity contribution in [2.24, 2.45) is 5.92 Å². The molecular formula is C15H30BrN3O. The molecule has 1 rings (SSSR count). The van der Waals surface area contributed by atoms with Gasteiger partial charge in [0.25, 0.3) is 0 Å². The molecule has 0 spiro atoms. The predicted molar refractivity (Wildman–Crippen MR) is 88.3 cm³/mol. The van der Waals surface area contributed by atoms with Crippen LogP contribution in [0.1, 0.15) is 26.7 Å².